The molecule has 1 aromatic rings. The molecule has 9 heteroatoms. The van der Waals surface area contributed by atoms with E-state index in [1.165, 1.54) is 38.0 Å². The van der Waals surface area contributed by atoms with Crippen molar-refractivity contribution in [1.29, 1.82) is 0 Å². The summed E-state index contributed by atoms with van der Waals surface area (Å²) in [7, 11) is 0.658. The molecule has 0 fully saturated rings. The Hall–Kier alpha value is -1.87. The first-order chi connectivity index (χ1) is 10.5. The number of rotatable bonds is 7. The minimum atomic E-state index is -3.66. The lowest BCUT2D eigenvalue weighted by molar-refractivity contribution is -0.139. The standard InChI is InChI=1S/C14H23N3O5S/c1-9(2)6-11(14(19)20)15-13(18)12-7-10(8-17(12)5)23(21,22)16(3)4/h7-9,11H,6H2,1-5H3,(H,15,18)(H,19,20). The molecule has 1 heterocycles. The number of aliphatic carboxylic acids is 1. The van der Waals surface area contributed by atoms with Gasteiger partial charge in [0.1, 0.15) is 16.6 Å². The fourth-order valence-electron chi connectivity index (χ4n) is 2.04. The number of aryl methyl sites for hydroxylation is 1. The van der Waals surface area contributed by atoms with E-state index in [-0.39, 0.29) is 22.9 Å². The number of sulfonamides is 1. The number of nitrogens with zero attached hydrogens (tertiary/aromatic N) is 2. The fraction of sp³-hybridized carbons (Fsp3) is 0.571. The maximum atomic E-state index is 12.3. The molecule has 0 radical (unpaired) electrons. The summed E-state index contributed by atoms with van der Waals surface area (Å²) < 4.78 is 26.6. The molecule has 23 heavy (non-hydrogen) atoms. The molecule has 0 saturated heterocycles. The maximum absolute atomic E-state index is 12.3. The van der Waals surface area contributed by atoms with Crippen LogP contribution in [-0.4, -0.2) is 54.4 Å². The van der Waals surface area contributed by atoms with E-state index in [9.17, 15) is 23.1 Å². The topological polar surface area (TPSA) is 109 Å². The second-order valence-corrected chi connectivity index (χ2v) is 8.11. The summed E-state index contributed by atoms with van der Waals surface area (Å²) >= 11 is 0. The first kappa shape index (κ1) is 19.2. The van der Waals surface area contributed by atoms with Gasteiger partial charge in [-0.2, -0.15) is 0 Å². The van der Waals surface area contributed by atoms with Crippen LogP contribution in [0.5, 0.6) is 0 Å². The van der Waals surface area contributed by atoms with Gasteiger partial charge in [0, 0.05) is 27.3 Å². The van der Waals surface area contributed by atoms with E-state index in [4.69, 9.17) is 0 Å². The van der Waals surface area contributed by atoms with E-state index in [0.717, 1.165) is 4.31 Å². The fourth-order valence-corrected chi connectivity index (χ4v) is 3.01. The molecule has 0 bridgehead atoms. The molecule has 1 amide bonds. The number of amides is 1. The van der Waals surface area contributed by atoms with E-state index in [0.29, 0.717) is 0 Å². The van der Waals surface area contributed by atoms with Crippen LogP contribution in [0.25, 0.3) is 0 Å². The lowest BCUT2D eigenvalue weighted by Gasteiger charge is -2.16. The van der Waals surface area contributed by atoms with Crippen LogP contribution in [0, 0.1) is 5.92 Å². The number of carbonyl (C=O) groups excluding carboxylic acids is 1. The van der Waals surface area contributed by atoms with Gasteiger partial charge in [-0.3, -0.25) is 4.79 Å². The number of aromatic nitrogens is 1. The molecule has 8 nitrogen and oxygen atoms in total. The van der Waals surface area contributed by atoms with Crippen molar-refractivity contribution in [3.63, 3.8) is 0 Å². The Balaban J connectivity index is 3.06. The van der Waals surface area contributed by atoms with Crippen LogP contribution < -0.4 is 5.32 Å². The van der Waals surface area contributed by atoms with Crippen molar-refractivity contribution in [2.75, 3.05) is 14.1 Å². The van der Waals surface area contributed by atoms with Crippen molar-refractivity contribution >= 4 is 21.9 Å². The van der Waals surface area contributed by atoms with Crippen LogP contribution in [0.2, 0.25) is 0 Å². The zero-order chi connectivity index (χ0) is 17.9. The molecule has 1 atom stereocenters. The molecule has 0 aliphatic rings. The molecule has 0 aromatic carbocycles. The van der Waals surface area contributed by atoms with Crippen LogP contribution in [-0.2, 0) is 21.9 Å². The number of carboxylic acid groups (broad SMARTS) is 1. The van der Waals surface area contributed by atoms with Gasteiger partial charge in [0.2, 0.25) is 10.0 Å². The summed E-state index contributed by atoms with van der Waals surface area (Å²) in [6.07, 6.45) is 1.61. The summed E-state index contributed by atoms with van der Waals surface area (Å²) in [6, 6.07) is 0.213. The molecular weight excluding hydrogens is 322 g/mol. The lowest BCUT2D eigenvalue weighted by atomic mass is 10.0. The summed E-state index contributed by atoms with van der Waals surface area (Å²) in [6.45, 7) is 3.71. The monoisotopic (exact) mass is 345 g/mol. The van der Waals surface area contributed by atoms with Gasteiger partial charge >= 0.3 is 5.97 Å². The molecule has 130 valence electrons. The summed E-state index contributed by atoms with van der Waals surface area (Å²) in [5, 5.41) is 11.6. The van der Waals surface area contributed by atoms with Crippen molar-refractivity contribution in [3.8, 4) is 0 Å². The average molecular weight is 345 g/mol. The highest BCUT2D eigenvalue weighted by atomic mass is 32.2. The normalized spacial score (nSPS) is 13.3. The highest BCUT2D eigenvalue weighted by Crippen LogP contribution is 2.17. The number of hydrogen-bond acceptors (Lipinski definition) is 4. The van der Waals surface area contributed by atoms with Crippen LogP contribution >= 0.6 is 0 Å². The third-order valence-corrected chi connectivity index (χ3v) is 5.08. The molecule has 1 aromatic heterocycles. The Morgan fingerprint density at radius 3 is 2.35 bits per heavy atom. The maximum Gasteiger partial charge on any atom is 0.326 e. The minimum absolute atomic E-state index is 0.0223. The summed E-state index contributed by atoms with van der Waals surface area (Å²) in [5.74, 6) is -1.65. The van der Waals surface area contributed by atoms with Crippen molar-refractivity contribution in [3.05, 3.63) is 18.0 Å². The molecule has 0 aliphatic heterocycles. The Labute approximate surface area is 136 Å². The number of hydrogen-bond donors (Lipinski definition) is 2. The largest absolute Gasteiger partial charge is 0.480 e. The molecule has 2 N–H and O–H groups in total. The molecule has 1 unspecified atom stereocenters. The Morgan fingerprint density at radius 1 is 1.35 bits per heavy atom. The van der Waals surface area contributed by atoms with Crippen LogP contribution in [0.15, 0.2) is 17.2 Å². The van der Waals surface area contributed by atoms with E-state index in [1.54, 1.807) is 0 Å². The van der Waals surface area contributed by atoms with E-state index in [1.807, 2.05) is 13.8 Å². The smallest absolute Gasteiger partial charge is 0.326 e. The Bertz CT molecular complexity index is 691. The van der Waals surface area contributed by atoms with Gasteiger partial charge in [0.15, 0.2) is 0 Å². The SMILES string of the molecule is CC(C)CC(NC(=O)c1cc(S(=O)(=O)N(C)C)cn1C)C(=O)O. The molecular formula is C14H23N3O5S. The second kappa shape index (κ2) is 7.14. The van der Waals surface area contributed by atoms with Crippen molar-refractivity contribution in [1.82, 2.24) is 14.2 Å². The van der Waals surface area contributed by atoms with Crippen LogP contribution in [0.1, 0.15) is 30.8 Å². The van der Waals surface area contributed by atoms with Gasteiger partial charge in [0.25, 0.3) is 5.91 Å². The quantitative estimate of drug-likeness (QED) is 0.748. The summed E-state index contributed by atoms with van der Waals surface area (Å²) in [5.41, 5.74) is 0.0837. The van der Waals surface area contributed by atoms with Gasteiger partial charge in [-0.15, -0.1) is 0 Å². The lowest BCUT2D eigenvalue weighted by Crippen LogP contribution is -2.42. The number of carbonyl (C=O) groups is 2. The van der Waals surface area contributed by atoms with E-state index >= 15 is 0 Å². The molecule has 0 spiro atoms. The predicted molar refractivity (Wildman–Crippen MR) is 84.6 cm³/mol. The van der Waals surface area contributed by atoms with Gasteiger partial charge in [-0.25, -0.2) is 17.5 Å². The predicted octanol–water partition coefficient (Wildman–Crippen LogP) is 0.505. The highest BCUT2D eigenvalue weighted by Gasteiger charge is 2.26. The van der Waals surface area contributed by atoms with Gasteiger partial charge in [0.05, 0.1) is 0 Å². The number of nitrogens with one attached hydrogen (secondary N) is 1. The Kier molecular flexibility index (Phi) is 5.95. The number of carboxylic acids is 1. The zero-order valence-corrected chi connectivity index (χ0v) is 14.7. The van der Waals surface area contributed by atoms with Gasteiger partial charge in [-0.05, 0) is 18.4 Å². The highest BCUT2D eigenvalue weighted by molar-refractivity contribution is 7.89. The van der Waals surface area contributed by atoms with Gasteiger partial charge in [-0.1, -0.05) is 13.8 Å². The molecule has 0 aliphatic carbocycles. The van der Waals surface area contributed by atoms with Crippen molar-refractivity contribution in [2.45, 2.75) is 31.2 Å². The van der Waals surface area contributed by atoms with Crippen molar-refractivity contribution < 1.29 is 23.1 Å². The summed E-state index contributed by atoms with van der Waals surface area (Å²) in [4.78, 5) is 23.5. The third kappa shape index (κ3) is 4.55. The zero-order valence-electron chi connectivity index (χ0n) is 13.9. The Morgan fingerprint density at radius 2 is 1.91 bits per heavy atom. The van der Waals surface area contributed by atoms with E-state index < -0.39 is 27.9 Å². The molecule has 0 saturated carbocycles. The van der Waals surface area contributed by atoms with E-state index in [2.05, 4.69) is 5.32 Å². The second-order valence-electron chi connectivity index (χ2n) is 5.95. The first-order valence-electron chi connectivity index (χ1n) is 7.09. The van der Waals surface area contributed by atoms with Crippen LogP contribution in [0.3, 0.4) is 0 Å². The average Bonchev–Trinajstić information content (AvgIpc) is 2.79. The van der Waals surface area contributed by atoms with Crippen LogP contribution in [0.4, 0.5) is 0 Å². The molecule has 1 rings (SSSR count). The van der Waals surface area contributed by atoms with Crippen molar-refractivity contribution in [2.24, 2.45) is 13.0 Å². The van der Waals surface area contributed by atoms with Gasteiger partial charge < -0.3 is 15.0 Å². The minimum Gasteiger partial charge on any atom is -0.480 e. The first-order valence-corrected chi connectivity index (χ1v) is 8.53. The third-order valence-electron chi connectivity index (χ3n) is 3.30.